The smallest absolute Gasteiger partial charge is 0.108 e. The van der Waals surface area contributed by atoms with E-state index in [0.29, 0.717) is 16.5 Å². The third kappa shape index (κ3) is 2.22. The van der Waals surface area contributed by atoms with Gasteiger partial charge < -0.3 is 4.74 Å². The summed E-state index contributed by atoms with van der Waals surface area (Å²) in [7, 11) is 0. The molecule has 4 heteroatoms. The topological polar surface area (TPSA) is 45.0 Å². The molecular weight excluding hydrogens is 220 g/mol. The number of rotatable bonds is 4. The van der Waals surface area contributed by atoms with Gasteiger partial charge in [0.15, 0.2) is 0 Å². The number of nitrogens with zero attached hydrogens (tertiary/aromatic N) is 1. The van der Waals surface area contributed by atoms with Gasteiger partial charge in [-0.05, 0) is 32.1 Å². The molecule has 2 aliphatic carbocycles. The minimum atomic E-state index is -0.205. The van der Waals surface area contributed by atoms with Crippen LogP contribution in [-0.4, -0.2) is 35.3 Å². The van der Waals surface area contributed by atoms with Crippen LogP contribution in [0.5, 0.6) is 0 Å². The van der Waals surface area contributed by atoms with Crippen LogP contribution in [0.1, 0.15) is 32.1 Å². The van der Waals surface area contributed by atoms with Gasteiger partial charge in [0.2, 0.25) is 0 Å². The Bertz CT molecular complexity index is 309. The largest absolute Gasteiger partial charge is 0.379 e. The first-order valence-corrected chi connectivity index (χ1v) is 7.16. The lowest BCUT2D eigenvalue weighted by molar-refractivity contribution is 0.0453. The molecule has 0 aromatic rings. The van der Waals surface area contributed by atoms with Gasteiger partial charge in [-0.25, -0.2) is 0 Å². The zero-order valence-electron chi connectivity index (χ0n) is 9.45. The molecule has 16 heavy (non-hydrogen) atoms. The summed E-state index contributed by atoms with van der Waals surface area (Å²) in [6.07, 6.45) is 5.77. The standard InChI is InChI=1S/C12H18N2OS/c13-8-12(14-9-1-2-9)4-3-10(5-12)16-11-6-15-7-11/h9-11,14H,1-7H2. The van der Waals surface area contributed by atoms with E-state index >= 15 is 0 Å². The summed E-state index contributed by atoms with van der Waals surface area (Å²) in [4.78, 5) is 0. The molecule has 1 saturated heterocycles. The number of ether oxygens (including phenoxy) is 1. The summed E-state index contributed by atoms with van der Waals surface area (Å²) in [6, 6.07) is 3.17. The van der Waals surface area contributed by atoms with Crippen molar-refractivity contribution >= 4 is 11.8 Å². The Morgan fingerprint density at radius 1 is 1.25 bits per heavy atom. The number of hydrogen-bond donors (Lipinski definition) is 1. The summed E-state index contributed by atoms with van der Waals surface area (Å²) in [5, 5.41) is 14.3. The van der Waals surface area contributed by atoms with Gasteiger partial charge in [0.25, 0.3) is 0 Å². The summed E-state index contributed by atoms with van der Waals surface area (Å²) in [5.74, 6) is 0. The molecule has 88 valence electrons. The Hall–Kier alpha value is -0.240. The van der Waals surface area contributed by atoms with E-state index in [2.05, 4.69) is 11.4 Å². The third-order valence-corrected chi connectivity index (χ3v) is 5.18. The predicted molar refractivity (Wildman–Crippen MR) is 64.3 cm³/mol. The average molecular weight is 238 g/mol. The Labute approximate surface area is 101 Å². The van der Waals surface area contributed by atoms with E-state index in [-0.39, 0.29) is 5.54 Å². The van der Waals surface area contributed by atoms with Crippen molar-refractivity contribution in [1.82, 2.24) is 5.32 Å². The van der Waals surface area contributed by atoms with E-state index in [9.17, 15) is 5.26 Å². The second kappa shape index (κ2) is 4.21. The molecular formula is C12H18N2OS. The van der Waals surface area contributed by atoms with Crippen LogP contribution in [0.15, 0.2) is 0 Å². The van der Waals surface area contributed by atoms with Crippen LogP contribution in [0.4, 0.5) is 0 Å². The average Bonchev–Trinajstić information content (AvgIpc) is 2.93. The van der Waals surface area contributed by atoms with E-state index in [1.54, 1.807) is 0 Å². The molecule has 0 bridgehead atoms. The first-order chi connectivity index (χ1) is 7.80. The van der Waals surface area contributed by atoms with Crippen LogP contribution in [0.25, 0.3) is 0 Å². The summed E-state index contributed by atoms with van der Waals surface area (Å²) < 4.78 is 5.20. The molecule has 1 heterocycles. The maximum atomic E-state index is 9.37. The van der Waals surface area contributed by atoms with Gasteiger partial charge in [0.1, 0.15) is 5.54 Å². The molecule has 2 saturated carbocycles. The van der Waals surface area contributed by atoms with Crippen LogP contribution in [0, 0.1) is 11.3 Å². The van der Waals surface area contributed by atoms with Crippen molar-refractivity contribution in [2.45, 2.75) is 54.2 Å². The zero-order valence-corrected chi connectivity index (χ0v) is 10.3. The second-order valence-electron chi connectivity index (χ2n) is 5.27. The molecule has 3 rings (SSSR count). The lowest BCUT2D eigenvalue weighted by Crippen LogP contribution is -2.43. The van der Waals surface area contributed by atoms with Gasteiger partial charge in [0.05, 0.1) is 24.5 Å². The maximum absolute atomic E-state index is 9.37. The Morgan fingerprint density at radius 2 is 2.06 bits per heavy atom. The summed E-state index contributed by atoms with van der Waals surface area (Å²) in [6.45, 7) is 1.83. The fourth-order valence-electron chi connectivity index (χ4n) is 2.56. The zero-order chi connectivity index (χ0) is 11.0. The fourth-order valence-corrected chi connectivity index (χ4v) is 4.09. The van der Waals surface area contributed by atoms with Crippen molar-refractivity contribution in [3.8, 4) is 6.07 Å². The van der Waals surface area contributed by atoms with Gasteiger partial charge in [-0.3, -0.25) is 5.32 Å². The Balaban J connectivity index is 1.54. The van der Waals surface area contributed by atoms with Crippen LogP contribution in [0.2, 0.25) is 0 Å². The molecule has 1 aliphatic heterocycles. The highest BCUT2D eigenvalue weighted by atomic mass is 32.2. The fraction of sp³-hybridized carbons (Fsp3) is 0.917. The molecule has 3 nitrogen and oxygen atoms in total. The lowest BCUT2D eigenvalue weighted by atomic mass is 10.00. The highest BCUT2D eigenvalue weighted by Gasteiger charge is 2.43. The minimum Gasteiger partial charge on any atom is -0.379 e. The molecule has 0 amide bonds. The van der Waals surface area contributed by atoms with Gasteiger partial charge in [-0.15, -0.1) is 0 Å². The van der Waals surface area contributed by atoms with Crippen LogP contribution >= 0.6 is 11.8 Å². The normalized spacial score (nSPS) is 39.3. The van der Waals surface area contributed by atoms with Crippen molar-refractivity contribution in [1.29, 1.82) is 5.26 Å². The molecule has 0 spiro atoms. The van der Waals surface area contributed by atoms with Crippen LogP contribution in [-0.2, 0) is 4.74 Å². The molecule has 0 radical (unpaired) electrons. The molecule has 0 aromatic carbocycles. The van der Waals surface area contributed by atoms with Crippen molar-refractivity contribution in [2.75, 3.05) is 13.2 Å². The summed E-state index contributed by atoms with van der Waals surface area (Å²) >= 11 is 2.04. The predicted octanol–water partition coefficient (Wildman–Crippen LogP) is 1.69. The second-order valence-corrected chi connectivity index (χ2v) is 6.88. The minimum absolute atomic E-state index is 0.205. The van der Waals surface area contributed by atoms with Crippen LogP contribution in [0.3, 0.4) is 0 Å². The highest BCUT2D eigenvalue weighted by molar-refractivity contribution is 8.00. The molecule has 0 aromatic heterocycles. The van der Waals surface area contributed by atoms with Gasteiger partial charge in [0, 0.05) is 11.3 Å². The molecule has 1 N–H and O–H groups in total. The molecule has 2 atom stereocenters. The van der Waals surface area contributed by atoms with E-state index in [4.69, 9.17) is 4.74 Å². The van der Waals surface area contributed by atoms with E-state index in [1.165, 1.54) is 19.3 Å². The third-order valence-electron chi connectivity index (χ3n) is 3.73. The van der Waals surface area contributed by atoms with Gasteiger partial charge in [-0.1, -0.05) is 0 Å². The number of thioether (sulfide) groups is 1. The van der Waals surface area contributed by atoms with Crippen molar-refractivity contribution < 1.29 is 4.74 Å². The maximum Gasteiger partial charge on any atom is 0.108 e. The Kier molecular flexibility index (Phi) is 2.87. The van der Waals surface area contributed by atoms with Crippen molar-refractivity contribution in [3.63, 3.8) is 0 Å². The van der Waals surface area contributed by atoms with Crippen molar-refractivity contribution in [3.05, 3.63) is 0 Å². The number of nitrogens with one attached hydrogen (secondary N) is 1. The first-order valence-electron chi connectivity index (χ1n) is 6.22. The van der Waals surface area contributed by atoms with Crippen molar-refractivity contribution in [2.24, 2.45) is 0 Å². The quantitative estimate of drug-likeness (QED) is 0.809. The number of nitriles is 1. The van der Waals surface area contributed by atoms with E-state index < -0.39 is 0 Å². The Morgan fingerprint density at radius 3 is 2.62 bits per heavy atom. The van der Waals surface area contributed by atoms with Crippen LogP contribution < -0.4 is 5.32 Å². The monoisotopic (exact) mass is 238 g/mol. The van der Waals surface area contributed by atoms with Gasteiger partial charge in [-0.2, -0.15) is 17.0 Å². The van der Waals surface area contributed by atoms with E-state index in [0.717, 1.165) is 26.1 Å². The van der Waals surface area contributed by atoms with E-state index in [1.807, 2.05) is 11.8 Å². The first kappa shape index (κ1) is 10.9. The molecule has 3 aliphatic rings. The lowest BCUT2D eigenvalue weighted by Gasteiger charge is -2.28. The van der Waals surface area contributed by atoms with Gasteiger partial charge >= 0.3 is 0 Å². The molecule has 3 fully saturated rings. The number of hydrogen-bond acceptors (Lipinski definition) is 4. The highest BCUT2D eigenvalue weighted by Crippen LogP contribution is 2.41. The molecule has 2 unspecified atom stereocenters. The summed E-state index contributed by atoms with van der Waals surface area (Å²) in [5.41, 5.74) is -0.205. The SMILES string of the molecule is N#CC1(NC2CC2)CCC(SC2COC2)C1.